The molecule has 2 aromatic carbocycles. The Bertz CT molecular complexity index is 801. The van der Waals surface area contributed by atoms with E-state index < -0.39 is 17.7 Å². The molecule has 0 bridgehead atoms. The van der Waals surface area contributed by atoms with Gasteiger partial charge in [0.2, 0.25) is 11.8 Å². The van der Waals surface area contributed by atoms with Crippen LogP contribution >= 0.6 is 0 Å². The second kappa shape index (κ2) is 6.58. The second-order valence-corrected chi connectivity index (χ2v) is 5.80. The Balaban J connectivity index is 1.68. The second-order valence-electron chi connectivity index (χ2n) is 5.80. The van der Waals surface area contributed by atoms with Crippen molar-refractivity contribution >= 4 is 17.5 Å². The number of hydrogen-bond donors (Lipinski definition) is 2. The molecule has 0 unspecified atom stereocenters. The average Bonchev–Trinajstić information content (AvgIpc) is 2.58. The minimum Gasteiger partial charge on any atom is -0.351 e. The van der Waals surface area contributed by atoms with Crippen LogP contribution in [0.5, 0.6) is 0 Å². The highest BCUT2D eigenvalue weighted by molar-refractivity contribution is 6.01. The highest BCUT2D eigenvalue weighted by Crippen LogP contribution is 2.32. The molecule has 0 aromatic heterocycles. The van der Waals surface area contributed by atoms with Crippen molar-refractivity contribution in [1.82, 2.24) is 5.32 Å². The van der Waals surface area contributed by atoms with Gasteiger partial charge in [-0.2, -0.15) is 13.2 Å². The quantitative estimate of drug-likeness (QED) is 0.893. The van der Waals surface area contributed by atoms with Gasteiger partial charge in [-0.1, -0.05) is 30.3 Å². The van der Waals surface area contributed by atoms with Crippen molar-refractivity contribution in [3.63, 3.8) is 0 Å². The van der Waals surface area contributed by atoms with Gasteiger partial charge >= 0.3 is 6.18 Å². The van der Waals surface area contributed by atoms with Gasteiger partial charge in [0.15, 0.2) is 0 Å². The number of hydrogen-bond acceptors (Lipinski definition) is 2. The molecule has 4 nitrogen and oxygen atoms in total. The summed E-state index contributed by atoms with van der Waals surface area (Å²) in [6.45, 7) is 0.0945. The Hall–Kier alpha value is -2.83. The molecule has 3 rings (SSSR count). The number of carbonyl (C=O) groups is 2. The first-order chi connectivity index (χ1) is 11.8. The summed E-state index contributed by atoms with van der Waals surface area (Å²) in [6.07, 6.45) is -4.35. The van der Waals surface area contributed by atoms with Gasteiger partial charge in [0, 0.05) is 18.7 Å². The van der Waals surface area contributed by atoms with Crippen LogP contribution in [0, 0.1) is 0 Å². The van der Waals surface area contributed by atoms with E-state index in [1.807, 2.05) is 0 Å². The molecule has 25 heavy (non-hydrogen) atoms. The van der Waals surface area contributed by atoms with E-state index in [9.17, 15) is 22.8 Å². The fraction of sp³-hybridized carbons (Fsp3) is 0.222. The van der Waals surface area contributed by atoms with Crippen LogP contribution in [0.2, 0.25) is 0 Å². The van der Waals surface area contributed by atoms with Crippen LogP contribution in [0.25, 0.3) is 0 Å². The molecule has 0 fully saturated rings. The molecule has 1 aliphatic heterocycles. The van der Waals surface area contributed by atoms with E-state index in [0.29, 0.717) is 11.3 Å². The number of carbonyl (C=O) groups excluding carboxylic acids is 2. The predicted molar refractivity (Wildman–Crippen MR) is 85.7 cm³/mol. The average molecular weight is 348 g/mol. The third kappa shape index (κ3) is 3.81. The molecule has 0 saturated carbocycles. The van der Waals surface area contributed by atoms with Crippen molar-refractivity contribution in [3.05, 3.63) is 65.2 Å². The van der Waals surface area contributed by atoms with Crippen LogP contribution in [-0.2, 0) is 22.3 Å². The largest absolute Gasteiger partial charge is 0.416 e. The zero-order valence-corrected chi connectivity index (χ0v) is 13.1. The van der Waals surface area contributed by atoms with Crippen molar-refractivity contribution in [2.75, 3.05) is 5.32 Å². The third-order valence-corrected chi connectivity index (χ3v) is 4.06. The van der Waals surface area contributed by atoms with Crippen LogP contribution in [0.1, 0.15) is 29.0 Å². The third-order valence-electron chi connectivity index (χ3n) is 4.06. The zero-order valence-electron chi connectivity index (χ0n) is 13.1. The number of amides is 2. The van der Waals surface area contributed by atoms with Gasteiger partial charge in [0.25, 0.3) is 0 Å². The molecule has 7 heteroatoms. The van der Waals surface area contributed by atoms with Crippen molar-refractivity contribution < 1.29 is 22.8 Å². The summed E-state index contributed by atoms with van der Waals surface area (Å²) in [6, 6.07) is 11.7. The summed E-state index contributed by atoms with van der Waals surface area (Å²) in [7, 11) is 0. The number of halogens is 3. The molecular weight excluding hydrogens is 333 g/mol. The van der Waals surface area contributed by atoms with Crippen molar-refractivity contribution in [3.8, 4) is 0 Å². The van der Waals surface area contributed by atoms with Crippen molar-refractivity contribution in [1.29, 1.82) is 0 Å². The lowest BCUT2D eigenvalue weighted by molar-refractivity contribution is -0.137. The first-order valence-corrected chi connectivity index (χ1v) is 7.67. The van der Waals surface area contributed by atoms with Gasteiger partial charge < -0.3 is 10.6 Å². The maximum absolute atomic E-state index is 12.5. The highest BCUT2D eigenvalue weighted by Gasteiger charge is 2.31. The summed E-state index contributed by atoms with van der Waals surface area (Å²) >= 11 is 0. The molecule has 2 N–H and O–H groups in total. The van der Waals surface area contributed by atoms with Gasteiger partial charge in [0.1, 0.15) is 0 Å². The molecule has 1 aliphatic rings. The first-order valence-electron chi connectivity index (χ1n) is 7.67. The van der Waals surface area contributed by atoms with E-state index >= 15 is 0 Å². The molecule has 0 aliphatic carbocycles. The fourth-order valence-electron chi connectivity index (χ4n) is 2.77. The van der Waals surface area contributed by atoms with Crippen LogP contribution in [0.4, 0.5) is 18.9 Å². The van der Waals surface area contributed by atoms with Crippen LogP contribution in [0.15, 0.2) is 48.5 Å². The Morgan fingerprint density at radius 3 is 2.48 bits per heavy atom. The van der Waals surface area contributed by atoms with E-state index in [1.54, 1.807) is 24.3 Å². The summed E-state index contributed by atoms with van der Waals surface area (Å²) in [5, 5.41) is 5.40. The maximum Gasteiger partial charge on any atom is 0.416 e. The number of fused-ring (bicyclic) bond motifs is 1. The lowest BCUT2D eigenvalue weighted by Crippen LogP contribution is -2.34. The Morgan fingerprint density at radius 2 is 1.80 bits per heavy atom. The number of para-hydroxylation sites is 1. The van der Waals surface area contributed by atoms with Crippen molar-refractivity contribution in [2.45, 2.75) is 25.1 Å². The lowest BCUT2D eigenvalue weighted by atomic mass is 9.90. The van der Waals surface area contributed by atoms with Gasteiger partial charge in [0.05, 0.1) is 11.5 Å². The van der Waals surface area contributed by atoms with E-state index in [0.717, 1.165) is 17.7 Å². The summed E-state index contributed by atoms with van der Waals surface area (Å²) in [4.78, 5) is 24.2. The van der Waals surface area contributed by atoms with Gasteiger partial charge in [-0.25, -0.2) is 0 Å². The molecule has 0 saturated heterocycles. The number of rotatable bonds is 3. The van der Waals surface area contributed by atoms with E-state index in [4.69, 9.17) is 0 Å². The fourth-order valence-corrected chi connectivity index (χ4v) is 2.77. The first kappa shape index (κ1) is 17.0. The van der Waals surface area contributed by atoms with Crippen molar-refractivity contribution in [2.24, 2.45) is 0 Å². The monoisotopic (exact) mass is 348 g/mol. The van der Waals surface area contributed by atoms with Gasteiger partial charge in [-0.05, 0) is 29.3 Å². The molecule has 2 aromatic rings. The van der Waals surface area contributed by atoms with E-state index in [-0.39, 0.29) is 24.8 Å². The normalized spacial score (nSPS) is 16.8. The van der Waals surface area contributed by atoms with E-state index in [1.165, 1.54) is 12.1 Å². The Morgan fingerprint density at radius 1 is 1.12 bits per heavy atom. The standard InChI is InChI=1S/C18H15F3N2O2/c19-18(20,21)12-7-5-11(6-8-12)10-22-17(25)14-9-16(24)23-15-4-2-1-3-13(14)15/h1-8,14H,9-10H2,(H,22,25)(H,23,24)/t14-/m1/s1. The molecular formula is C18H15F3N2O2. The minimum absolute atomic E-state index is 0.0376. The van der Waals surface area contributed by atoms with Gasteiger partial charge in [-0.3, -0.25) is 9.59 Å². The van der Waals surface area contributed by atoms with E-state index in [2.05, 4.69) is 10.6 Å². The lowest BCUT2D eigenvalue weighted by Gasteiger charge is -2.24. The zero-order chi connectivity index (χ0) is 18.0. The number of nitrogens with one attached hydrogen (secondary N) is 2. The van der Waals surface area contributed by atoms with Crippen LogP contribution < -0.4 is 10.6 Å². The molecule has 1 heterocycles. The SMILES string of the molecule is O=C1C[C@@H](C(=O)NCc2ccc(C(F)(F)F)cc2)c2ccccc2N1. The minimum atomic E-state index is -4.39. The highest BCUT2D eigenvalue weighted by atomic mass is 19.4. The maximum atomic E-state index is 12.5. The Labute approximate surface area is 142 Å². The van der Waals surface area contributed by atoms with Crippen LogP contribution in [0.3, 0.4) is 0 Å². The summed E-state index contributed by atoms with van der Waals surface area (Å²) in [5.41, 5.74) is 1.15. The molecule has 2 amide bonds. The topological polar surface area (TPSA) is 58.2 Å². The number of anilines is 1. The number of alkyl halides is 3. The molecule has 130 valence electrons. The van der Waals surface area contributed by atoms with Crippen LogP contribution in [-0.4, -0.2) is 11.8 Å². The smallest absolute Gasteiger partial charge is 0.351 e. The molecule has 1 atom stereocenters. The summed E-state index contributed by atoms with van der Waals surface area (Å²) < 4.78 is 37.6. The molecule has 0 spiro atoms. The van der Waals surface area contributed by atoms with Gasteiger partial charge in [-0.15, -0.1) is 0 Å². The summed E-state index contributed by atoms with van der Waals surface area (Å²) in [5.74, 6) is -1.19. The predicted octanol–water partition coefficient (Wildman–Crippen LogP) is 3.45. The molecule has 0 radical (unpaired) electrons. The Kier molecular flexibility index (Phi) is 4.48. The number of benzene rings is 2.